The highest BCUT2D eigenvalue weighted by atomic mass is 32.2. The molecule has 0 bridgehead atoms. The minimum atomic E-state index is -0.406. The van der Waals surface area contributed by atoms with Crippen LogP contribution in [0.5, 0.6) is 0 Å². The highest BCUT2D eigenvalue weighted by Crippen LogP contribution is 2.30. The first kappa shape index (κ1) is 18.4. The smallest absolute Gasteiger partial charge is 0.269 e. The second-order valence-electron chi connectivity index (χ2n) is 6.44. The van der Waals surface area contributed by atoms with Gasteiger partial charge in [-0.05, 0) is 69.4 Å². The van der Waals surface area contributed by atoms with Gasteiger partial charge in [0.15, 0.2) is 0 Å². The van der Waals surface area contributed by atoms with Gasteiger partial charge in [0.1, 0.15) is 0 Å². The average Bonchev–Trinajstić information content (AvgIpc) is 2.64. The number of hydrogen-bond acceptors (Lipinski definition) is 5. The summed E-state index contributed by atoms with van der Waals surface area (Å²) in [5, 5.41) is 13.7. The summed E-state index contributed by atoms with van der Waals surface area (Å²) in [6.45, 7) is 1.92. The number of non-ortho nitro benzene ring substituents is 1. The molecule has 1 aliphatic rings. The highest BCUT2D eigenvalue weighted by molar-refractivity contribution is 7.99. The number of piperidine rings is 1. The number of carbonyl (C=O) groups is 1. The Labute approximate surface area is 156 Å². The van der Waals surface area contributed by atoms with Gasteiger partial charge in [0.25, 0.3) is 5.69 Å². The second kappa shape index (κ2) is 8.33. The lowest BCUT2D eigenvalue weighted by atomic mass is 9.96. The van der Waals surface area contributed by atoms with Crippen molar-refractivity contribution in [3.05, 3.63) is 58.6 Å². The number of rotatable bonds is 5. The number of benzene rings is 2. The minimum Gasteiger partial charge on any atom is -0.326 e. The molecule has 1 heterocycles. The third kappa shape index (κ3) is 4.83. The van der Waals surface area contributed by atoms with Crippen molar-refractivity contribution in [1.82, 2.24) is 4.90 Å². The zero-order valence-electron chi connectivity index (χ0n) is 14.6. The van der Waals surface area contributed by atoms with Gasteiger partial charge in [0, 0.05) is 33.5 Å². The normalized spacial score (nSPS) is 15.6. The first-order chi connectivity index (χ1) is 12.5. The summed E-state index contributed by atoms with van der Waals surface area (Å²) >= 11 is 1.52. The van der Waals surface area contributed by atoms with E-state index in [2.05, 4.69) is 17.3 Å². The van der Waals surface area contributed by atoms with E-state index in [4.69, 9.17) is 0 Å². The quantitative estimate of drug-likeness (QED) is 0.634. The second-order valence-corrected chi connectivity index (χ2v) is 7.59. The maximum Gasteiger partial charge on any atom is 0.269 e. The predicted molar refractivity (Wildman–Crippen MR) is 103 cm³/mol. The summed E-state index contributed by atoms with van der Waals surface area (Å²) in [7, 11) is 2.08. The van der Waals surface area contributed by atoms with E-state index in [1.807, 2.05) is 24.3 Å². The average molecular weight is 371 g/mol. The number of hydrogen-bond donors (Lipinski definition) is 1. The van der Waals surface area contributed by atoms with Crippen molar-refractivity contribution in [2.45, 2.75) is 22.6 Å². The van der Waals surface area contributed by atoms with Crippen LogP contribution in [0.15, 0.2) is 58.3 Å². The SMILES string of the molecule is CN1CCC(C(=O)Nc2ccc(Sc3ccc([N+](=O)[O-])cc3)cc2)CC1. The molecular formula is C19H21N3O3S. The molecule has 2 aromatic rings. The molecule has 7 heteroatoms. The van der Waals surface area contributed by atoms with Gasteiger partial charge in [-0.2, -0.15) is 0 Å². The van der Waals surface area contributed by atoms with E-state index in [0.717, 1.165) is 41.4 Å². The summed E-state index contributed by atoms with van der Waals surface area (Å²) < 4.78 is 0. The van der Waals surface area contributed by atoms with Gasteiger partial charge in [0.2, 0.25) is 5.91 Å². The Morgan fingerprint density at radius 3 is 2.15 bits per heavy atom. The van der Waals surface area contributed by atoms with Crippen LogP contribution < -0.4 is 5.32 Å². The van der Waals surface area contributed by atoms with Crippen molar-refractivity contribution in [3.63, 3.8) is 0 Å². The summed E-state index contributed by atoms with van der Waals surface area (Å²) in [5.74, 6) is 0.175. The lowest BCUT2D eigenvalue weighted by Crippen LogP contribution is -2.35. The summed E-state index contributed by atoms with van der Waals surface area (Å²) in [6, 6.07) is 14.1. The van der Waals surface area contributed by atoms with Crippen LogP contribution in [0.3, 0.4) is 0 Å². The zero-order valence-corrected chi connectivity index (χ0v) is 15.4. The van der Waals surface area contributed by atoms with Crippen LogP contribution >= 0.6 is 11.8 Å². The standard InChI is InChI=1S/C19H21N3O3S/c1-21-12-10-14(11-13-21)19(23)20-15-2-6-17(7-3-15)26-18-8-4-16(5-9-18)22(24)25/h2-9,14H,10-13H2,1H3,(H,20,23). The number of carbonyl (C=O) groups excluding carboxylic acids is 1. The van der Waals surface area contributed by atoms with Gasteiger partial charge >= 0.3 is 0 Å². The van der Waals surface area contributed by atoms with Crippen LogP contribution in [0.1, 0.15) is 12.8 Å². The molecule has 1 saturated heterocycles. The van der Waals surface area contributed by atoms with Gasteiger partial charge in [-0.15, -0.1) is 0 Å². The molecule has 0 atom stereocenters. The Morgan fingerprint density at radius 1 is 1.08 bits per heavy atom. The van der Waals surface area contributed by atoms with Crippen LogP contribution in [0.4, 0.5) is 11.4 Å². The van der Waals surface area contributed by atoms with Crippen LogP contribution in [-0.2, 0) is 4.79 Å². The summed E-state index contributed by atoms with van der Waals surface area (Å²) in [5.41, 5.74) is 0.878. The number of nitro benzene ring substituents is 1. The maximum atomic E-state index is 12.3. The zero-order chi connectivity index (χ0) is 18.5. The van der Waals surface area contributed by atoms with Crippen molar-refractivity contribution in [2.75, 3.05) is 25.5 Å². The van der Waals surface area contributed by atoms with Crippen molar-refractivity contribution in [1.29, 1.82) is 0 Å². The number of likely N-dealkylation sites (tertiary alicyclic amines) is 1. The predicted octanol–water partition coefficient (Wildman–Crippen LogP) is 4.03. The summed E-state index contributed by atoms with van der Waals surface area (Å²) in [4.78, 5) is 26.8. The lowest BCUT2D eigenvalue weighted by molar-refractivity contribution is -0.384. The topological polar surface area (TPSA) is 75.5 Å². The fourth-order valence-electron chi connectivity index (χ4n) is 2.89. The highest BCUT2D eigenvalue weighted by Gasteiger charge is 2.23. The Kier molecular flexibility index (Phi) is 5.90. The van der Waals surface area contributed by atoms with Gasteiger partial charge in [0.05, 0.1) is 4.92 Å². The molecule has 0 aliphatic carbocycles. The fourth-order valence-corrected chi connectivity index (χ4v) is 3.71. The van der Waals surface area contributed by atoms with Crippen LogP contribution in [0.25, 0.3) is 0 Å². The van der Waals surface area contributed by atoms with Gasteiger partial charge in [-0.3, -0.25) is 14.9 Å². The molecule has 1 N–H and O–H groups in total. The van der Waals surface area contributed by atoms with Crippen LogP contribution in [0.2, 0.25) is 0 Å². The molecule has 6 nitrogen and oxygen atoms in total. The monoisotopic (exact) mass is 371 g/mol. The fraction of sp³-hybridized carbons (Fsp3) is 0.316. The van der Waals surface area contributed by atoms with Crippen molar-refractivity contribution in [3.8, 4) is 0 Å². The Hall–Kier alpha value is -2.38. The molecule has 1 amide bonds. The van der Waals surface area contributed by atoms with Crippen LogP contribution in [-0.4, -0.2) is 35.9 Å². The number of nitrogens with one attached hydrogen (secondary N) is 1. The largest absolute Gasteiger partial charge is 0.326 e. The third-order valence-corrected chi connectivity index (χ3v) is 5.51. The molecule has 0 unspecified atom stereocenters. The lowest BCUT2D eigenvalue weighted by Gasteiger charge is -2.28. The van der Waals surface area contributed by atoms with E-state index in [9.17, 15) is 14.9 Å². The molecule has 0 saturated carbocycles. The Balaban J connectivity index is 1.56. The van der Waals surface area contributed by atoms with E-state index in [0.29, 0.717) is 0 Å². The van der Waals surface area contributed by atoms with Gasteiger partial charge in [-0.1, -0.05) is 11.8 Å². The molecule has 2 aromatic carbocycles. The van der Waals surface area contributed by atoms with Crippen molar-refractivity contribution in [2.24, 2.45) is 5.92 Å². The molecule has 136 valence electrons. The van der Waals surface area contributed by atoms with Crippen LogP contribution in [0, 0.1) is 16.0 Å². The number of amides is 1. The molecule has 0 spiro atoms. The molecule has 1 aliphatic heterocycles. The molecule has 26 heavy (non-hydrogen) atoms. The van der Waals surface area contributed by atoms with Crippen molar-refractivity contribution < 1.29 is 9.72 Å². The van der Waals surface area contributed by atoms with E-state index in [1.165, 1.54) is 23.9 Å². The molecule has 0 radical (unpaired) electrons. The first-order valence-corrected chi connectivity index (χ1v) is 9.35. The molecule has 1 fully saturated rings. The molecule has 0 aromatic heterocycles. The summed E-state index contributed by atoms with van der Waals surface area (Å²) in [6.07, 6.45) is 1.80. The van der Waals surface area contributed by atoms with Gasteiger partial charge in [-0.25, -0.2) is 0 Å². The van der Waals surface area contributed by atoms with Gasteiger partial charge < -0.3 is 10.2 Å². The van der Waals surface area contributed by atoms with E-state index in [1.54, 1.807) is 12.1 Å². The number of anilines is 1. The number of nitro groups is 1. The van der Waals surface area contributed by atoms with E-state index in [-0.39, 0.29) is 17.5 Å². The number of nitrogens with zero attached hydrogens (tertiary/aromatic N) is 2. The Morgan fingerprint density at radius 2 is 1.62 bits per heavy atom. The Bertz CT molecular complexity index is 770. The molecular weight excluding hydrogens is 350 g/mol. The maximum absolute atomic E-state index is 12.3. The van der Waals surface area contributed by atoms with E-state index >= 15 is 0 Å². The minimum absolute atomic E-state index is 0.0837. The molecule has 3 rings (SSSR count). The van der Waals surface area contributed by atoms with Crippen molar-refractivity contribution >= 4 is 29.0 Å². The third-order valence-electron chi connectivity index (χ3n) is 4.49. The first-order valence-electron chi connectivity index (χ1n) is 8.53. The van der Waals surface area contributed by atoms with E-state index < -0.39 is 4.92 Å².